The zero-order chi connectivity index (χ0) is 13.8. The maximum Gasteiger partial charge on any atom is 0.135 e. The summed E-state index contributed by atoms with van der Waals surface area (Å²) in [6.45, 7) is 9.92. The number of aryl methyl sites for hydroxylation is 1. The second-order valence-electron chi connectivity index (χ2n) is 5.11. The summed E-state index contributed by atoms with van der Waals surface area (Å²) in [7, 11) is 0. The highest BCUT2D eigenvalue weighted by atomic mass is 16.5. The fourth-order valence-corrected chi connectivity index (χ4v) is 2.41. The average molecular weight is 264 g/mol. The highest BCUT2D eigenvalue weighted by Gasteiger charge is 2.23. The second kappa shape index (κ2) is 6.19. The minimum atomic E-state index is 0.268. The number of hydrogen-bond acceptors (Lipinski definition) is 5. The van der Waals surface area contributed by atoms with E-state index in [1.807, 2.05) is 13.8 Å². The van der Waals surface area contributed by atoms with Gasteiger partial charge in [-0.2, -0.15) is 0 Å². The Balaban J connectivity index is 2.14. The van der Waals surface area contributed by atoms with Crippen molar-refractivity contribution < 1.29 is 4.74 Å². The molecule has 2 unspecified atom stereocenters. The Hall–Kier alpha value is -1.36. The van der Waals surface area contributed by atoms with Crippen LogP contribution in [-0.2, 0) is 4.74 Å². The summed E-state index contributed by atoms with van der Waals surface area (Å²) in [6.07, 6.45) is 2.57. The molecule has 5 nitrogen and oxygen atoms in total. The van der Waals surface area contributed by atoms with Crippen LogP contribution in [0.4, 0.5) is 11.6 Å². The summed E-state index contributed by atoms with van der Waals surface area (Å²) >= 11 is 0. The van der Waals surface area contributed by atoms with Crippen LogP contribution in [0.25, 0.3) is 0 Å². The van der Waals surface area contributed by atoms with Crippen LogP contribution in [0.3, 0.4) is 0 Å². The molecule has 1 aromatic rings. The highest BCUT2D eigenvalue weighted by Crippen LogP contribution is 2.23. The van der Waals surface area contributed by atoms with Crippen LogP contribution in [0.5, 0.6) is 0 Å². The number of anilines is 2. The molecule has 106 valence electrons. The van der Waals surface area contributed by atoms with Gasteiger partial charge in [0.25, 0.3) is 0 Å². The largest absolute Gasteiger partial charge is 0.376 e. The molecule has 0 bridgehead atoms. The van der Waals surface area contributed by atoms with E-state index in [4.69, 9.17) is 4.74 Å². The third-order valence-corrected chi connectivity index (χ3v) is 3.49. The van der Waals surface area contributed by atoms with E-state index in [2.05, 4.69) is 34.4 Å². The van der Waals surface area contributed by atoms with Crippen LogP contribution in [0, 0.1) is 13.8 Å². The van der Waals surface area contributed by atoms with Crippen molar-refractivity contribution >= 4 is 11.6 Å². The zero-order valence-electron chi connectivity index (χ0n) is 12.3. The molecule has 0 aromatic carbocycles. The summed E-state index contributed by atoms with van der Waals surface area (Å²) in [5.41, 5.74) is 1.07. The van der Waals surface area contributed by atoms with Crippen molar-refractivity contribution in [2.24, 2.45) is 0 Å². The van der Waals surface area contributed by atoms with Crippen molar-refractivity contribution in [2.45, 2.75) is 52.7 Å². The van der Waals surface area contributed by atoms with Gasteiger partial charge in [-0.05, 0) is 40.5 Å². The summed E-state index contributed by atoms with van der Waals surface area (Å²) in [5, 5.41) is 6.75. The van der Waals surface area contributed by atoms with Crippen LogP contribution < -0.4 is 10.6 Å². The molecule has 0 saturated carbocycles. The normalized spacial score (nSPS) is 20.3. The third kappa shape index (κ3) is 3.35. The quantitative estimate of drug-likeness (QED) is 0.855. The van der Waals surface area contributed by atoms with Crippen molar-refractivity contribution in [3.63, 3.8) is 0 Å². The highest BCUT2D eigenvalue weighted by molar-refractivity contribution is 5.57. The minimum absolute atomic E-state index is 0.268. The molecule has 5 heteroatoms. The first-order chi connectivity index (χ1) is 9.11. The molecule has 0 radical (unpaired) electrons. The van der Waals surface area contributed by atoms with E-state index in [1.165, 1.54) is 0 Å². The summed E-state index contributed by atoms with van der Waals surface area (Å²) in [6, 6.07) is 0.268. The van der Waals surface area contributed by atoms with Gasteiger partial charge in [0, 0.05) is 18.7 Å². The molecule has 2 atom stereocenters. The van der Waals surface area contributed by atoms with Gasteiger partial charge in [-0.3, -0.25) is 0 Å². The summed E-state index contributed by atoms with van der Waals surface area (Å²) in [4.78, 5) is 8.94. The monoisotopic (exact) mass is 264 g/mol. The second-order valence-corrected chi connectivity index (χ2v) is 5.11. The Morgan fingerprint density at radius 1 is 1.32 bits per heavy atom. The first kappa shape index (κ1) is 14.1. The number of nitrogens with zero attached hydrogens (tertiary/aromatic N) is 2. The first-order valence-corrected chi connectivity index (χ1v) is 7.09. The van der Waals surface area contributed by atoms with Gasteiger partial charge in [0.2, 0.25) is 0 Å². The first-order valence-electron chi connectivity index (χ1n) is 7.09. The maximum atomic E-state index is 5.71. The van der Waals surface area contributed by atoms with Crippen molar-refractivity contribution in [3.8, 4) is 0 Å². The van der Waals surface area contributed by atoms with E-state index in [1.54, 1.807) is 0 Å². The molecule has 19 heavy (non-hydrogen) atoms. The smallest absolute Gasteiger partial charge is 0.135 e. The van der Waals surface area contributed by atoms with E-state index in [9.17, 15) is 0 Å². The van der Waals surface area contributed by atoms with Gasteiger partial charge < -0.3 is 15.4 Å². The standard InChI is InChI=1S/C14H24N4O/c1-5-15-13-9(2)14(18-11(4)17-13)16-10(3)12-7-6-8-19-12/h10,12H,5-8H2,1-4H3,(H2,15,16,17,18). The van der Waals surface area contributed by atoms with Crippen LogP contribution >= 0.6 is 0 Å². The molecule has 1 aliphatic heterocycles. The lowest BCUT2D eigenvalue weighted by Crippen LogP contribution is -2.31. The summed E-state index contributed by atoms with van der Waals surface area (Å²) in [5.74, 6) is 2.60. The van der Waals surface area contributed by atoms with Gasteiger partial charge >= 0.3 is 0 Å². The van der Waals surface area contributed by atoms with Crippen molar-refractivity contribution in [3.05, 3.63) is 11.4 Å². The molecule has 2 heterocycles. The van der Waals surface area contributed by atoms with Gasteiger partial charge in [-0.25, -0.2) is 9.97 Å². The molecule has 1 fully saturated rings. The minimum Gasteiger partial charge on any atom is -0.376 e. The average Bonchev–Trinajstić information content (AvgIpc) is 2.89. The maximum absolute atomic E-state index is 5.71. The van der Waals surface area contributed by atoms with E-state index in [-0.39, 0.29) is 12.1 Å². The Morgan fingerprint density at radius 2 is 2.05 bits per heavy atom. The molecule has 2 N–H and O–H groups in total. The Bertz CT molecular complexity index is 430. The lowest BCUT2D eigenvalue weighted by Gasteiger charge is -2.22. The molecule has 2 rings (SSSR count). The Labute approximate surface area is 115 Å². The molecular weight excluding hydrogens is 240 g/mol. The number of aromatic nitrogens is 2. The third-order valence-electron chi connectivity index (χ3n) is 3.49. The van der Waals surface area contributed by atoms with E-state index >= 15 is 0 Å². The lowest BCUT2D eigenvalue weighted by molar-refractivity contribution is 0.0995. The van der Waals surface area contributed by atoms with Gasteiger partial charge in [-0.1, -0.05) is 0 Å². The topological polar surface area (TPSA) is 59.1 Å². The fraction of sp³-hybridized carbons (Fsp3) is 0.714. The number of nitrogens with one attached hydrogen (secondary N) is 2. The van der Waals surface area contributed by atoms with E-state index in [0.717, 1.165) is 49.0 Å². The number of ether oxygens (including phenoxy) is 1. The van der Waals surface area contributed by atoms with Crippen molar-refractivity contribution in [1.29, 1.82) is 0 Å². The number of hydrogen-bond donors (Lipinski definition) is 2. The molecule has 0 amide bonds. The zero-order valence-corrected chi connectivity index (χ0v) is 12.3. The van der Waals surface area contributed by atoms with Crippen LogP contribution in [0.2, 0.25) is 0 Å². The van der Waals surface area contributed by atoms with Crippen LogP contribution in [-0.4, -0.2) is 35.3 Å². The van der Waals surface area contributed by atoms with Crippen LogP contribution in [0.15, 0.2) is 0 Å². The molecule has 0 spiro atoms. The van der Waals surface area contributed by atoms with E-state index in [0.29, 0.717) is 0 Å². The molecule has 1 aromatic heterocycles. The SMILES string of the molecule is CCNc1nc(C)nc(NC(C)C2CCCO2)c1C. The van der Waals surface area contributed by atoms with Gasteiger partial charge in [-0.15, -0.1) is 0 Å². The molecule has 0 aliphatic carbocycles. The lowest BCUT2D eigenvalue weighted by atomic mass is 10.1. The predicted octanol–water partition coefficient (Wildman–Crippen LogP) is 2.50. The number of rotatable bonds is 5. The van der Waals surface area contributed by atoms with Crippen molar-refractivity contribution in [1.82, 2.24) is 9.97 Å². The van der Waals surface area contributed by atoms with Crippen LogP contribution in [0.1, 0.15) is 38.1 Å². The van der Waals surface area contributed by atoms with Gasteiger partial charge in [0.05, 0.1) is 12.1 Å². The Morgan fingerprint density at radius 3 is 2.68 bits per heavy atom. The van der Waals surface area contributed by atoms with Gasteiger partial charge in [0.15, 0.2) is 0 Å². The van der Waals surface area contributed by atoms with Gasteiger partial charge in [0.1, 0.15) is 17.5 Å². The molecule has 1 saturated heterocycles. The fourth-order valence-electron chi connectivity index (χ4n) is 2.41. The molecule has 1 aliphatic rings. The van der Waals surface area contributed by atoms with Crippen molar-refractivity contribution in [2.75, 3.05) is 23.8 Å². The predicted molar refractivity (Wildman–Crippen MR) is 77.7 cm³/mol. The molecular formula is C14H24N4O. The Kier molecular flexibility index (Phi) is 4.58. The summed E-state index contributed by atoms with van der Waals surface area (Å²) < 4.78 is 5.71. The van der Waals surface area contributed by atoms with E-state index < -0.39 is 0 Å².